The summed E-state index contributed by atoms with van der Waals surface area (Å²) in [6.07, 6.45) is 5.15. The summed E-state index contributed by atoms with van der Waals surface area (Å²) < 4.78 is 62.5. The van der Waals surface area contributed by atoms with E-state index in [1.165, 1.54) is 0 Å². The zero-order valence-corrected chi connectivity index (χ0v) is 21.0. The van der Waals surface area contributed by atoms with E-state index < -0.39 is 37.4 Å². The maximum Gasteiger partial charge on any atom is 0.273 e. The van der Waals surface area contributed by atoms with Crippen molar-refractivity contribution in [2.24, 2.45) is 16.5 Å². The molecule has 0 aromatic heterocycles. The van der Waals surface area contributed by atoms with Gasteiger partial charge >= 0.3 is 0 Å². The molecule has 0 radical (unpaired) electrons. The minimum Gasteiger partial charge on any atom is -0.388 e. The van der Waals surface area contributed by atoms with E-state index >= 15 is 0 Å². The maximum atomic E-state index is 14.4. The Hall–Kier alpha value is -2.21. The molecule has 1 heterocycles. The lowest BCUT2D eigenvalue weighted by atomic mass is 9.67. The quantitative estimate of drug-likeness (QED) is 0.658. The van der Waals surface area contributed by atoms with E-state index in [4.69, 9.17) is 4.84 Å². The zero-order valence-electron chi connectivity index (χ0n) is 19.4. The molecule has 1 aliphatic carbocycles. The lowest BCUT2D eigenvalue weighted by Gasteiger charge is -2.40. The van der Waals surface area contributed by atoms with Gasteiger partial charge in [0.1, 0.15) is 17.1 Å². The van der Waals surface area contributed by atoms with Crippen LogP contribution in [0.4, 0.5) is 15.8 Å². The Morgan fingerprint density at radius 3 is 2.24 bits per heavy atom. The van der Waals surface area contributed by atoms with Gasteiger partial charge in [0.2, 0.25) is 20.0 Å². The van der Waals surface area contributed by atoms with Crippen LogP contribution in [0.25, 0.3) is 0 Å². The van der Waals surface area contributed by atoms with Gasteiger partial charge in [-0.15, -0.1) is 0 Å². The van der Waals surface area contributed by atoms with Crippen molar-refractivity contribution in [2.75, 3.05) is 21.5 Å². The summed E-state index contributed by atoms with van der Waals surface area (Å²) in [4.78, 5) is 18.4. The predicted molar refractivity (Wildman–Crippen MR) is 124 cm³/mol. The summed E-state index contributed by atoms with van der Waals surface area (Å²) in [7, 11) is -8.43. The standard InChI is InChI=1S/C21H30FN3O6S2/c1-20(2,3)14-8-10-21(11-9-14)13-18(24-31-21)19(26)23-17-12-15(6-7-16(17)22)25(32(4,27)28)33(5,29)30/h6-7,12,14H,8-11,13H2,1-5H3,(H,23,26). The van der Waals surface area contributed by atoms with E-state index in [1.807, 2.05) is 0 Å². The molecule has 0 saturated heterocycles. The fourth-order valence-corrected chi connectivity index (χ4v) is 7.43. The van der Waals surface area contributed by atoms with Crippen molar-refractivity contribution in [1.29, 1.82) is 0 Å². The van der Waals surface area contributed by atoms with Crippen LogP contribution in [0.5, 0.6) is 0 Å². The molecular formula is C21H30FN3O6S2. The van der Waals surface area contributed by atoms with Gasteiger partial charge < -0.3 is 10.2 Å². The van der Waals surface area contributed by atoms with Gasteiger partial charge in [-0.05, 0) is 55.2 Å². The molecule has 1 aromatic carbocycles. The van der Waals surface area contributed by atoms with Gasteiger partial charge in [0.25, 0.3) is 5.91 Å². The van der Waals surface area contributed by atoms with E-state index in [-0.39, 0.29) is 32.6 Å². The Kier molecular flexibility index (Phi) is 6.57. The molecule has 9 nitrogen and oxygen atoms in total. The number of benzene rings is 1. The average Bonchev–Trinajstić information content (AvgIpc) is 3.05. The van der Waals surface area contributed by atoms with E-state index in [0.717, 1.165) is 43.9 Å². The Morgan fingerprint density at radius 1 is 1.15 bits per heavy atom. The van der Waals surface area contributed by atoms with Crippen LogP contribution in [-0.2, 0) is 29.7 Å². The third-order valence-corrected chi connectivity index (χ3v) is 9.49. The summed E-state index contributed by atoms with van der Waals surface area (Å²) in [6, 6.07) is 2.85. The predicted octanol–water partition coefficient (Wildman–Crippen LogP) is 3.24. The maximum absolute atomic E-state index is 14.4. The highest BCUT2D eigenvalue weighted by Gasteiger charge is 2.45. The number of oxime groups is 1. The molecule has 0 atom stereocenters. The Bertz CT molecular complexity index is 1150. The molecule has 184 valence electrons. The van der Waals surface area contributed by atoms with Crippen molar-refractivity contribution in [2.45, 2.75) is 58.5 Å². The van der Waals surface area contributed by atoms with Crippen LogP contribution in [-0.4, -0.2) is 46.6 Å². The second-order valence-electron chi connectivity index (χ2n) is 9.97. The molecular weight excluding hydrogens is 473 g/mol. The van der Waals surface area contributed by atoms with Gasteiger partial charge in [0.15, 0.2) is 0 Å². The van der Waals surface area contributed by atoms with Gasteiger partial charge in [-0.25, -0.2) is 21.2 Å². The van der Waals surface area contributed by atoms with Crippen molar-refractivity contribution >= 4 is 43.0 Å². The van der Waals surface area contributed by atoms with Crippen LogP contribution in [0.2, 0.25) is 0 Å². The van der Waals surface area contributed by atoms with Crippen molar-refractivity contribution in [3.63, 3.8) is 0 Å². The Balaban J connectivity index is 1.75. The highest BCUT2D eigenvalue weighted by Crippen LogP contribution is 2.46. The molecule has 1 N–H and O–H groups in total. The summed E-state index contributed by atoms with van der Waals surface area (Å²) in [5.41, 5.74) is -0.932. The van der Waals surface area contributed by atoms with E-state index in [9.17, 15) is 26.0 Å². The minimum absolute atomic E-state index is 0.108. The molecule has 1 saturated carbocycles. The number of hydrogen-bond donors (Lipinski definition) is 1. The highest BCUT2D eigenvalue weighted by atomic mass is 32.3. The summed E-state index contributed by atoms with van der Waals surface area (Å²) in [5, 5.41) is 6.31. The highest BCUT2D eigenvalue weighted by molar-refractivity contribution is 8.09. The largest absolute Gasteiger partial charge is 0.388 e. The third-order valence-electron chi connectivity index (χ3n) is 6.23. The molecule has 1 spiro atoms. The molecule has 0 bridgehead atoms. The molecule has 1 aliphatic heterocycles. The second-order valence-corrected chi connectivity index (χ2v) is 13.9. The van der Waals surface area contributed by atoms with Gasteiger partial charge in [-0.2, -0.15) is 3.71 Å². The summed E-state index contributed by atoms with van der Waals surface area (Å²) >= 11 is 0. The first kappa shape index (κ1) is 25.4. The summed E-state index contributed by atoms with van der Waals surface area (Å²) in [6.45, 7) is 6.62. The fraction of sp³-hybridized carbons (Fsp3) is 0.619. The van der Waals surface area contributed by atoms with E-state index in [0.29, 0.717) is 18.4 Å². The number of nitrogens with zero attached hydrogens (tertiary/aromatic N) is 2. The third kappa shape index (κ3) is 5.65. The smallest absolute Gasteiger partial charge is 0.273 e. The molecule has 33 heavy (non-hydrogen) atoms. The van der Waals surface area contributed by atoms with Crippen molar-refractivity contribution in [1.82, 2.24) is 0 Å². The van der Waals surface area contributed by atoms with Crippen molar-refractivity contribution < 1.29 is 30.9 Å². The molecule has 1 fully saturated rings. The van der Waals surface area contributed by atoms with Crippen LogP contribution < -0.4 is 9.03 Å². The first-order valence-corrected chi connectivity index (χ1v) is 14.3. The molecule has 12 heteroatoms. The Morgan fingerprint density at radius 2 is 1.73 bits per heavy atom. The number of halogens is 1. The van der Waals surface area contributed by atoms with Crippen LogP contribution in [0.1, 0.15) is 52.9 Å². The van der Waals surface area contributed by atoms with Crippen molar-refractivity contribution in [3.05, 3.63) is 24.0 Å². The molecule has 2 aliphatic rings. The summed E-state index contributed by atoms with van der Waals surface area (Å²) in [5.74, 6) is -0.992. The molecule has 0 unspecified atom stereocenters. The van der Waals surface area contributed by atoms with Gasteiger partial charge in [-0.3, -0.25) is 4.79 Å². The number of sulfonamides is 2. The number of amides is 1. The Labute approximate surface area is 194 Å². The number of rotatable bonds is 5. The minimum atomic E-state index is -4.22. The molecule has 1 aromatic rings. The van der Waals surface area contributed by atoms with E-state index in [2.05, 4.69) is 31.2 Å². The van der Waals surface area contributed by atoms with Crippen molar-refractivity contribution in [3.8, 4) is 0 Å². The van der Waals surface area contributed by atoms with Gasteiger partial charge in [0, 0.05) is 6.42 Å². The number of carbonyl (C=O) groups is 1. The normalized spacial score (nSPS) is 23.7. The van der Waals surface area contributed by atoms with Gasteiger partial charge in [0.05, 0.1) is 23.9 Å². The van der Waals surface area contributed by atoms with Gasteiger partial charge in [-0.1, -0.05) is 25.9 Å². The number of carbonyl (C=O) groups excluding carboxylic acids is 1. The monoisotopic (exact) mass is 503 g/mol. The average molecular weight is 504 g/mol. The number of anilines is 2. The van der Waals surface area contributed by atoms with Crippen LogP contribution >= 0.6 is 0 Å². The lowest BCUT2D eigenvalue weighted by molar-refractivity contribution is -0.110. The number of hydrogen-bond acceptors (Lipinski definition) is 7. The van der Waals surface area contributed by atoms with Crippen LogP contribution in [0.3, 0.4) is 0 Å². The fourth-order valence-electron chi connectivity index (χ4n) is 4.47. The molecule has 1 amide bonds. The second kappa shape index (κ2) is 8.53. The zero-order chi connectivity index (χ0) is 24.8. The number of nitrogens with one attached hydrogen (secondary N) is 1. The van der Waals surface area contributed by atoms with Crippen LogP contribution in [0.15, 0.2) is 23.4 Å². The van der Waals surface area contributed by atoms with E-state index in [1.54, 1.807) is 0 Å². The molecule has 3 rings (SSSR count). The topological polar surface area (TPSA) is 122 Å². The SMILES string of the molecule is CC(C)(C)C1CCC2(CC1)CC(C(=O)Nc1cc(N(S(C)(=O)=O)S(C)(=O)=O)ccc1F)=NO2. The first-order chi connectivity index (χ1) is 15.0. The first-order valence-electron chi connectivity index (χ1n) is 10.6. The lowest BCUT2D eigenvalue weighted by Crippen LogP contribution is -2.38. The van der Waals surface area contributed by atoms with Crippen LogP contribution in [0, 0.1) is 17.2 Å².